The fourth-order valence-corrected chi connectivity index (χ4v) is 2.37. The molecule has 0 radical (unpaired) electrons. The van der Waals surface area contributed by atoms with E-state index in [9.17, 15) is 14.7 Å². The first kappa shape index (κ1) is 14.9. The van der Waals surface area contributed by atoms with Gasteiger partial charge in [0.15, 0.2) is 0 Å². The zero-order chi connectivity index (χ0) is 13.7. The fourth-order valence-electron chi connectivity index (χ4n) is 2.37. The molecule has 2 N–H and O–H groups in total. The number of likely N-dealkylation sites (N-methyl/N-ethyl adjacent to an activating group) is 1. The van der Waals surface area contributed by atoms with Crippen molar-refractivity contribution in [1.29, 1.82) is 0 Å². The van der Waals surface area contributed by atoms with E-state index in [0.717, 1.165) is 19.3 Å². The van der Waals surface area contributed by atoms with Gasteiger partial charge in [-0.05, 0) is 19.3 Å². The Bertz CT molecular complexity index is 307. The van der Waals surface area contributed by atoms with Gasteiger partial charge in [-0.3, -0.25) is 9.59 Å². The van der Waals surface area contributed by atoms with Gasteiger partial charge in [-0.1, -0.05) is 0 Å². The molecular formula is C12H21NO5. The third-order valence-electron chi connectivity index (χ3n) is 3.51. The summed E-state index contributed by atoms with van der Waals surface area (Å²) in [6, 6.07) is -0.287. The Labute approximate surface area is 107 Å². The van der Waals surface area contributed by atoms with Gasteiger partial charge in [-0.15, -0.1) is 0 Å². The summed E-state index contributed by atoms with van der Waals surface area (Å²) in [6.07, 6.45) is 1.21. The molecule has 0 unspecified atom stereocenters. The number of ether oxygens (including phenoxy) is 1. The number of aliphatic carboxylic acids is 1. The molecule has 1 saturated carbocycles. The number of aliphatic hydroxyl groups excluding tert-OH is 1. The number of carboxylic acid groups (broad SMARTS) is 1. The Morgan fingerprint density at radius 2 is 2.00 bits per heavy atom. The summed E-state index contributed by atoms with van der Waals surface area (Å²) in [7, 11) is 3.15. The summed E-state index contributed by atoms with van der Waals surface area (Å²) in [5.41, 5.74) is 0. The number of nitrogens with zero attached hydrogens (tertiary/aromatic N) is 1. The van der Waals surface area contributed by atoms with Crippen molar-refractivity contribution in [3.05, 3.63) is 0 Å². The predicted molar refractivity (Wildman–Crippen MR) is 64.1 cm³/mol. The molecule has 1 amide bonds. The van der Waals surface area contributed by atoms with Crippen molar-refractivity contribution in [2.24, 2.45) is 0 Å². The second kappa shape index (κ2) is 6.70. The molecule has 0 aliphatic heterocycles. The molecule has 1 aliphatic carbocycles. The number of methoxy groups -OCH3 is 1. The maximum Gasteiger partial charge on any atom is 0.303 e. The Kier molecular flexibility index (Phi) is 5.55. The Morgan fingerprint density at radius 3 is 2.56 bits per heavy atom. The average Bonchev–Trinajstić information content (AvgIpc) is 2.35. The van der Waals surface area contributed by atoms with Crippen LogP contribution in [0.1, 0.15) is 32.1 Å². The summed E-state index contributed by atoms with van der Waals surface area (Å²) < 4.78 is 5.18. The topological polar surface area (TPSA) is 87.1 Å². The van der Waals surface area contributed by atoms with E-state index in [4.69, 9.17) is 9.84 Å². The SMILES string of the molecule is CO[C@@H]1CCC[C@@H](N(C)C(=O)CCC(=O)O)[C@H]1O. The van der Waals surface area contributed by atoms with Gasteiger partial charge in [0.05, 0.1) is 18.6 Å². The van der Waals surface area contributed by atoms with Crippen LogP contribution in [0.15, 0.2) is 0 Å². The van der Waals surface area contributed by atoms with Crippen LogP contribution in [-0.2, 0) is 14.3 Å². The van der Waals surface area contributed by atoms with Crippen LogP contribution in [0.4, 0.5) is 0 Å². The van der Waals surface area contributed by atoms with E-state index < -0.39 is 12.1 Å². The van der Waals surface area contributed by atoms with E-state index in [1.165, 1.54) is 4.90 Å². The molecule has 1 aliphatic rings. The molecular weight excluding hydrogens is 238 g/mol. The minimum Gasteiger partial charge on any atom is -0.481 e. The summed E-state index contributed by atoms with van der Waals surface area (Å²) in [6.45, 7) is 0. The van der Waals surface area contributed by atoms with Crippen LogP contribution in [0.5, 0.6) is 0 Å². The van der Waals surface area contributed by atoms with Gasteiger partial charge in [0.25, 0.3) is 0 Å². The number of carbonyl (C=O) groups is 2. The van der Waals surface area contributed by atoms with Crippen molar-refractivity contribution in [3.63, 3.8) is 0 Å². The van der Waals surface area contributed by atoms with Crippen LogP contribution in [0, 0.1) is 0 Å². The third kappa shape index (κ3) is 3.68. The lowest BCUT2D eigenvalue weighted by Crippen LogP contribution is -2.52. The number of hydrogen-bond donors (Lipinski definition) is 2. The molecule has 0 spiro atoms. The first-order valence-electron chi connectivity index (χ1n) is 6.15. The molecule has 6 heteroatoms. The first-order valence-corrected chi connectivity index (χ1v) is 6.15. The van der Waals surface area contributed by atoms with Gasteiger partial charge in [-0.2, -0.15) is 0 Å². The maximum atomic E-state index is 11.8. The standard InChI is InChI=1S/C12H21NO5/c1-13(10(14)6-7-11(15)16)8-4-3-5-9(18-2)12(8)17/h8-9,12,17H,3-7H2,1-2H3,(H,15,16)/t8-,9-,12-/m1/s1. The van der Waals surface area contributed by atoms with E-state index in [0.29, 0.717) is 0 Å². The van der Waals surface area contributed by atoms with Crippen molar-refractivity contribution in [2.75, 3.05) is 14.2 Å². The molecule has 0 aromatic heterocycles. The van der Waals surface area contributed by atoms with Crippen LogP contribution in [0.2, 0.25) is 0 Å². The zero-order valence-electron chi connectivity index (χ0n) is 10.8. The molecule has 18 heavy (non-hydrogen) atoms. The predicted octanol–water partition coefficient (Wildman–Crippen LogP) is 0.238. The van der Waals surface area contributed by atoms with Crippen molar-refractivity contribution in [2.45, 2.75) is 50.4 Å². The van der Waals surface area contributed by atoms with E-state index in [1.807, 2.05) is 0 Å². The van der Waals surface area contributed by atoms with E-state index in [2.05, 4.69) is 0 Å². The van der Waals surface area contributed by atoms with Crippen LogP contribution < -0.4 is 0 Å². The number of carboxylic acids is 1. The summed E-state index contributed by atoms with van der Waals surface area (Å²) in [5.74, 6) is -1.24. The number of carbonyl (C=O) groups excluding carboxylic acids is 1. The molecule has 0 bridgehead atoms. The van der Waals surface area contributed by atoms with Gasteiger partial charge >= 0.3 is 5.97 Å². The van der Waals surface area contributed by atoms with Crippen LogP contribution in [0.25, 0.3) is 0 Å². The summed E-state index contributed by atoms with van der Waals surface area (Å²) >= 11 is 0. The van der Waals surface area contributed by atoms with E-state index >= 15 is 0 Å². The molecule has 1 rings (SSSR count). The van der Waals surface area contributed by atoms with Crippen LogP contribution >= 0.6 is 0 Å². The third-order valence-corrected chi connectivity index (χ3v) is 3.51. The minimum atomic E-state index is -0.990. The molecule has 0 aromatic carbocycles. The molecule has 0 aromatic rings. The number of hydrogen-bond acceptors (Lipinski definition) is 4. The minimum absolute atomic E-state index is 0.0350. The molecule has 3 atom stereocenters. The van der Waals surface area contributed by atoms with E-state index in [1.54, 1.807) is 14.2 Å². The van der Waals surface area contributed by atoms with E-state index in [-0.39, 0.29) is 30.9 Å². The lowest BCUT2D eigenvalue weighted by atomic mass is 9.89. The Hall–Kier alpha value is -1.14. The Morgan fingerprint density at radius 1 is 1.33 bits per heavy atom. The molecule has 104 valence electrons. The Balaban J connectivity index is 2.56. The number of aliphatic hydroxyl groups is 1. The average molecular weight is 259 g/mol. The maximum absolute atomic E-state index is 11.8. The second-order valence-electron chi connectivity index (χ2n) is 4.66. The van der Waals surface area contributed by atoms with Gasteiger partial charge in [0.1, 0.15) is 6.10 Å². The van der Waals surface area contributed by atoms with Crippen LogP contribution in [0.3, 0.4) is 0 Å². The smallest absolute Gasteiger partial charge is 0.303 e. The highest BCUT2D eigenvalue weighted by molar-refractivity contribution is 5.80. The number of amides is 1. The normalized spacial score (nSPS) is 27.8. The van der Waals surface area contributed by atoms with Crippen molar-refractivity contribution in [3.8, 4) is 0 Å². The van der Waals surface area contributed by atoms with Crippen molar-refractivity contribution < 1.29 is 24.5 Å². The second-order valence-corrected chi connectivity index (χ2v) is 4.66. The first-order chi connectivity index (χ1) is 8.47. The largest absolute Gasteiger partial charge is 0.481 e. The van der Waals surface area contributed by atoms with Gasteiger partial charge in [0.2, 0.25) is 5.91 Å². The van der Waals surface area contributed by atoms with Crippen molar-refractivity contribution in [1.82, 2.24) is 4.90 Å². The highest BCUT2D eigenvalue weighted by atomic mass is 16.5. The molecule has 0 saturated heterocycles. The monoisotopic (exact) mass is 259 g/mol. The molecule has 0 heterocycles. The lowest BCUT2D eigenvalue weighted by molar-refractivity contribution is -0.144. The van der Waals surface area contributed by atoms with Crippen molar-refractivity contribution >= 4 is 11.9 Å². The lowest BCUT2D eigenvalue weighted by Gasteiger charge is -2.39. The summed E-state index contributed by atoms with van der Waals surface area (Å²) in [4.78, 5) is 23.7. The molecule has 1 fully saturated rings. The quantitative estimate of drug-likeness (QED) is 0.738. The fraction of sp³-hybridized carbons (Fsp3) is 0.833. The highest BCUT2D eigenvalue weighted by Crippen LogP contribution is 2.25. The van der Waals surface area contributed by atoms with Gasteiger partial charge in [-0.25, -0.2) is 0 Å². The van der Waals surface area contributed by atoms with Gasteiger partial charge < -0.3 is 19.8 Å². The zero-order valence-corrected chi connectivity index (χ0v) is 10.8. The molecule has 6 nitrogen and oxygen atoms in total. The highest BCUT2D eigenvalue weighted by Gasteiger charge is 2.35. The van der Waals surface area contributed by atoms with Crippen LogP contribution in [-0.4, -0.2) is 59.4 Å². The number of rotatable bonds is 5. The van der Waals surface area contributed by atoms with Gasteiger partial charge in [0, 0.05) is 20.6 Å². The summed E-state index contributed by atoms with van der Waals surface area (Å²) in [5, 5.41) is 18.6.